The Labute approximate surface area is 79.4 Å². The summed E-state index contributed by atoms with van der Waals surface area (Å²) in [6, 6.07) is 0. The molecule has 0 rings (SSSR count). The van der Waals surface area contributed by atoms with Gasteiger partial charge in [0.15, 0.2) is 0 Å². The maximum absolute atomic E-state index is 11.4. The Hall–Kier alpha value is -0.830. The highest BCUT2D eigenvalue weighted by Gasteiger charge is 2.39. The normalized spacial score (nSPS) is 17.2. The van der Waals surface area contributed by atoms with Gasteiger partial charge in [-0.25, -0.2) is 0 Å². The minimum absolute atomic E-state index is 0.387. The van der Waals surface area contributed by atoms with Crippen molar-refractivity contribution in [3.63, 3.8) is 0 Å². The fraction of sp³-hybridized carbons (Fsp3) is 0.700. The second kappa shape index (κ2) is 5.02. The molecule has 0 bridgehead atoms. The Kier molecular flexibility index (Phi) is 4.70. The highest BCUT2D eigenvalue weighted by molar-refractivity contribution is 5.77. The number of rotatable bonds is 5. The van der Waals surface area contributed by atoms with Crippen molar-refractivity contribution in [1.82, 2.24) is 0 Å². The first kappa shape index (κ1) is 12.2. The number of aliphatic hydroxyl groups excluding tert-OH is 1. The monoisotopic (exact) mass is 186 g/mol. The summed E-state index contributed by atoms with van der Waals surface area (Å²) in [7, 11) is 1.33. The molecule has 13 heavy (non-hydrogen) atoms. The number of esters is 1. The maximum Gasteiger partial charge on any atom is 0.314 e. The van der Waals surface area contributed by atoms with Gasteiger partial charge in [-0.3, -0.25) is 4.79 Å². The summed E-state index contributed by atoms with van der Waals surface area (Å²) in [6.07, 6.45) is 1.89. The van der Waals surface area contributed by atoms with Crippen molar-refractivity contribution in [2.24, 2.45) is 5.41 Å². The van der Waals surface area contributed by atoms with Gasteiger partial charge in [0.2, 0.25) is 0 Å². The van der Waals surface area contributed by atoms with Crippen molar-refractivity contribution in [3.05, 3.63) is 12.7 Å². The summed E-state index contributed by atoms with van der Waals surface area (Å²) < 4.78 is 4.64. The van der Waals surface area contributed by atoms with Gasteiger partial charge >= 0.3 is 5.97 Å². The molecule has 0 saturated carbocycles. The van der Waals surface area contributed by atoms with Gasteiger partial charge in [-0.2, -0.15) is 0 Å². The molecule has 3 heteroatoms. The Bertz CT molecular complexity index is 189. The molecular formula is C10H18O3. The van der Waals surface area contributed by atoms with Gasteiger partial charge in [0.1, 0.15) is 0 Å². The molecule has 0 aromatic rings. The molecule has 0 spiro atoms. The van der Waals surface area contributed by atoms with Crippen LogP contribution in [0.3, 0.4) is 0 Å². The highest BCUT2D eigenvalue weighted by Crippen LogP contribution is 2.29. The average molecular weight is 186 g/mol. The van der Waals surface area contributed by atoms with E-state index in [1.807, 2.05) is 6.92 Å². The third kappa shape index (κ3) is 2.56. The van der Waals surface area contributed by atoms with E-state index in [0.717, 1.165) is 0 Å². The second-order valence-electron chi connectivity index (χ2n) is 3.33. The van der Waals surface area contributed by atoms with E-state index in [0.29, 0.717) is 12.8 Å². The van der Waals surface area contributed by atoms with Crippen molar-refractivity contribution >= 4 is 5.97 Å². The lowest BCUT2D eigenvalue weighted by Gasteiger charge is -2.29. The van der Waals surface area contributed by atoms with Gasteiger partial charge in [-0.1, -0.05) is 13.0 Å². The van der Waals surface area contributed by atoms with Crippen LogP contribution in [-0.4, -0.2) is 24.3 Å². The van der Waals surface area contributed by atoms with Crippen molar-refractivity contribution < 1.29 is 14.6 Å². The van der Waals surface area contributed by atoms with Crippen LogP contribution in [0, 0.1) is 5.41 Å². The lowest BCUT2D eigenvalue weighted by Crippen LogP contribution is -2.40. The average Bonchev–Trinajstić information content (AvgIpc) is 2.15. The SMILES string of the molecule is C=CCC(C)(C(=O)OC)C(O)CC. The van der Waals surface area contributed by atoms with Crippen molar-refractivity contribution in [2.75, 3.05) is 7.11 Å². The Morgan fingerprint density at radius 3 is 2.62 bits per heavy atom. The van der Waals surface area contributed by atoms with E-state index >= 15 is 0 Å². The first-order chi connectivity index (χ1) is 6.02. The number of hydrogen-bond donors (Lipinski definition) is 1. The first-order valence-corrected chi connectivity index (χ1v) is 4.40. The molecule has 1 N–H and O–H groups in total. The number of carbonyl (C=O) groups is 1. The van der Waals surface area contributed by atoms with E-state index in [2.05, 4.69) is 11.3 Å². The van der Waals surface area contributed by atoms with Crippen LogP contribution < -0.4 is 0 Å². The molecule has 2 unspecified atom stereocenters. The van der Waals surface area contributed by atoms with E-state index in [-0.39, 0.29) is 5.97 Å². The molecule has 0 heterocycles. The van der Waals surface area contributed by atoms with Gasteiger partial charge in [0.05, 0.1) is 18.6 Å². The molecule has 3 nitrogen and oxygen atoms in total. The van der Waals surface area contributed by atoms with Gasteiger partial charge in [0, 0.05) is 0 Å². The van der Waals surface area contributed by atoms with Crippen LogP contribution in [0.25, 0.3) is 0 Å². The topological polar surface area (TPSA) is 46.5 Å². The van der Waals surface area contributed by atoms with Crippen LogP contribution in [0.1, 0.15) is 26.7 Å². The minimum atomic E-state index is -0.856. The van der Waals surface area contributed by atoms with Gasteiger partial charge in [-0.15, -0.1) is 6.58 Å². The number of ether oxygens (including phenoxy) is 1. The van der Waals surface area contributed by atoms with Crippen molar-refractivity contribution in [3.8, 4) is 0 Å². The molecule has 2 atom stereocenters. The van der Waals surface area contributed by atoms with Crippen molar-refractivity contribution in [1.29, 1.82) is 0 Å². The van der Waals surface area contributed by atoms with Crippen LogP contribution >= 0.6 is 0 Å². The lowest BCUT2D eigenvalue weighted by molar-refractivity contribution is -0.158. The standard InChI is InChI=1S/C10H18O3/c1-5-7-10(3,8(11)6-2)9(12)13-4/h5,8,11H,1,6-7H2,2-4H3. The predicted molar refractivity (Wildman–Crippen MR) is 51.2 cm³/mol. The van der Waals surface area contributed by atoms with Crippen LogP contribution in [0.5, 0.6) is 0 Å². The van der Waals surface area contributed by atoms with E-state index in [9.17, 15) is 9.90 Å². The number of carbonyl (C=O) groups excluding carboxylic acids is 1. The molecule has 0 aliphatic carbocycles. The third-order valence-electron chi connectivity index (χ3n) is 2.34. The molecule has 0 aromatic heterocycles. The van der Waals surface area contributed by atoms with E-state index in [1.165, 1.54) is 7.11 Å². The second-order valence-corrected chi connectivity index (χ2v) is 3.33. The Morgan fingerprint density at radius 2 is 2.31 bits per heavy atom. The van der Waals surface area contributed by atoms with Gasteiger partial charge in [-0.05, 0) is 19.8 Å². The summed E-state index contributed by atoms with van der Waals surface area (Å²) in [5, 5.41) is 9.66. The van der Waals surface area contributed by atoms with Gasteiger partial charge in [0.25, 0.3) is 0 Å². The molecule has 0 radical (unpaired) electrons. The molecular weight excluding hydrogens is 168 g/mol. The first-order valence-electron chi connectivity index (χ1n) is 4.40. The zero-order valence-corrected chi connectivity index (χ0v) is 8.54. The molecule has 0 aliphatic rings. The predicted octanol–water partition coefficient (Wildman–Crippen LogP) is 1.51. The van der Waals surface area contributed by atoms with E-state index < -0.39 is 11.5 Å². The number of methoxy groups -OCH3 is 1. The van der Waals surface area contributed by atoms with E-state index in [4.69, 9.17) is 0 Å². The number of hydrogen-bond acceptors (Lipinski definition) is 3. The molecule has 0 fully saturated rings. The minimum Gasteiger partial charge on any atom is -0.469 e. The fourth-order valence-corrected chi connectivity index (χ4v) is 1.34. The maximum atomic E-state index is 11.4. The third-order valence-corrected chi connectivity index (χ3v) is 2.34. The van der Waals surface area contributed by atoms with Crippen LogP contribution in [0.2, 0.25) is 0 Å². The summed E-state index contributed by atoms with van der Waals surface area (Å²) >= 11 is 0. The summed E-state index contributed by atoms with van der Waals surface area (Å²) in [5.41, 5.74) is -0.856. The Morgan fingerprint density at radius 1 is 1.77 bits per heavy atom. The molecule has 76 valence electrons. The van der Waals surface area contributed by atoms with Crippen LogP contribution in [-0.2, 0) is 9.53 Å². The van der Waals surface area contributed by atoms with Crippen LogP contribution in [0.4, 0.5) is 0 Å². The Balaban J connectivity index is 4.69. The molecule has 0 saturated heterocycles. The lowest BCUT2D eigenvalue weighted by atomic mass is 9.80. The highest BCUT2D eigenvalue weighted by atomic mass is 16.5. The molecule has 0 aromatic carbocycles. The van der Waals surface area contributed by atoms with Crippen molar-refractivity contribution in [2.45, 2.75) is 32.8 Å². The van der Waals surface area contributed by atoms with Crippen LogP contribution in [0.15, 0.2) is 12.7 Å². The summed E-state index contributed by atoms with van der Waals surface area (Å²) in [6.45, 7) is 7.08. The smallest absolute Gasteiger partial charge is 0.314 e. The number of aliphatic hydroxyl groups is 1. The zero-order chi connectivity index (χ0) is 10.5. The largest absolute Gasteiger partial charge is 0.469 e. The zero-order valence-electron chi connectivity index (χ0n) is 8.54. The molecule has 0 aliphatic heterocycles. The quantitative estimate of drug-likeness (QED) is 0.523. The molecule has 0 amide bonds. The van der Waals surface area contributed by atoms with E-state index in [1.54, 1.807) is 13.0 Å². The van der Waals surface area contributed by atoms with Gasteiger partial charge < -0.3 is 9.84 Å². The number of allylic oxidation sites excluding steroid dienone is 1. The summed E-state index contributed by atoms with van der Waals surface area (Å²) in [4.78, 5) is 11.4. The fourth-order valence-electron chi connectivity index (χ4n) is 1.34. The summed E-state index contributed by atoms with van der Waals surface area (Å²) in [5.74, 6) is -0.387.